The topological polar surface area (TPSA) is 61.5 Å². The van der Waals surface area contributed by atoms with Gasteiger partial charge in [-0.05, 0) is 37.1 Å². The van der Waals surface area contributed by atoms with Crippen LogP contribution in [-0.4, -0.2) is 6.29 Å². The minimum absolute atomic E-state index is 0.0292. The highest BCUT2D eigenvalue weighted by molar-refractivity contribution is 7.94. The van der Waals surface area contributed by atoms with Gasteiger partial charge in [-0.2, -0.15) is 0 Å². The Morgan fingerprint density at radius 3 is 2.64 bits per heavy atom. The Balaban J connectivity index is 1.94. The second-order valence-electron chi connectivity index (χ2n) is 5.49. The van der Waals surface area contributed by atoms with Gasteiger partial charge in [0.1, 0.15) is 6.10 Å². The summed E-state index contributed by atoms with van der Waals surface area (Å²) in [5.74, 6) is 0.520. The lowest BCUT2D eigenvalue weighted by molar-refractivity contribution is -0.106. The van der Waals surface area contributed by atoms with Gasteiger partial charge in [-0.15, -0.1) is 0 Å². The molecule has 0 aliphatic carbocycles. The van der Waals surface area contributed by atoms with E-state index < -0.39 is 0 Å². The Labute approximate surface area is 157 Å². The second kappa shape index (κ2) is 9.39. The number of halogens is 1. The smallest absolute Gasteiger partial charge is 0.236 e. The Hall–Kier alpha value is -2.11. The molecule has 1 unspecified atom stereocenters. The minimum Gasteiger partial charge on any atom is -0.469 e. The summed E-state index contributed by atoms with van der Waals surface area (Å²) >= 11 is 7.00. The molecule has 0 fully saturated rings. The molecule has 0 heterocycles. The Morgan fingerprint density at radius 1 is 1.28 bits per heavy atom. The molecule has 0 spiro atoms. The standard InChI is InChI=1S/C19H20ClNO3S/c1-13-4-3-5-15(10-13)12-25-24-18(11-22)19(21)23-14(2)16-6-8-17(20)9-7-16/h3-11,14H,12,21H2,1-2H3/b19-18+. The first-order valence-corrected chi connectivity index (χ1v) is 9.00. The van der Waals surface area contributed by atoms with Gasteiger partial charge in [0, 0.05) is 5.02 Å². The van der Waals surface area contributed by atoms with Crippen molar-refractivity contribution in [1.29, 1.82) is 0 Å². The number of rotatable bonds is 8. The van der Waals surface area contributed by atoms with Crippen molar-refractivity contribution in [3.63, 3.8) is 0 Å². The molecule has 0 radical (unpaired) electrons. The van der Waals surface area contributed by atoms with Gasteiger partial charge in [0.25, 0.3) is 0 Å². The lowest BCUT2D eigenvalue weighted by Crippen LogP contribution is -2.11. The van der Waals surface area contributed by atoms with Crippen molar-refractivity contribution in [1.82, 2.24) is 0 Å². The summed E-state index contributed by atoms with van der Waals surface area (Å²) < 4.78 is 11.0. The third kappa shape index (κ3) is 6.03. The molecule has 2 aromatic rings. The van der Waals surface area contributed by atoms with Crippen LogP contribution >= 0.6 is 23.6 Å². The van der Waals surface area contributed by atoms with E-state index in [2.05, 4.69) is 6.07 Å². The van der Waals surface area contributed by atoms with E-state index in [1.807, 2.05) is 44.2 Å². The van der Waals surface area contributed by atoms with Gasteiger partial charge in [0.05, 0.1) is 17.8 Å². The van der Waals surface area contributed by atoms with E-state index in [0.717, 1.165) is 23.2 Å². The van der Waals surface area contributed by atoms with E-state index in [4.69, 9.17) is 26.3 Å². The van der Waals surface area contributed by atoms with Crippen LogP contribution in [0.15, 0.2) is 60.2 Å². The molecule has 0 bridgehead atoms. The molecule has 132 valence electrons. The van der Waals surface area contributed by atoms with Gasteiger partial charge >= 0.3 is 0 Å². The highest BCUT2D eigenvalue weighted by Crippen LogP contribution is 2.23. The Bertz CT molecular complexity index is 747. The number of nitrogens with two attached hydrogens (primary N) is 1. The summed E-state index contributed by atoms with van der Waals surface area (Å²) in [5.41, 5.74) is 9.03. The van der Waals surface area contributed by atoms with Gasteiger partial charge in [-0.3, -0.25) is 4.79 Å². The number of carbonyl (C=O) groups is 1. The lowest BCUT2D eigenvalue weighted by atomic mass is 10.1. The number of hydrogen-bond donors (Lipinski definition) is 1. The number of allylic oxidation sites excluding steroid dienone is 1. The molecule has 0 aromatic heterocycles. The number of benzene rings is 2. The number of ether oxygens (including phenoxy) is 1. The van der Waals surface area contributed by atoms with Crippen LogP contribution in [0.2, 0.25) is 5.02 Å². The van der Waals surface area contributed by atoms with Crippen molar-refractivity contribution in [2.75, 3.05) is 0 Å². The summed E-state index contributed by atoms with van der Waals surface area (Å²) in [6, 6.07) is 15.3. The van der Waals surface area contributed by atoms with Crippen LogP contribution in [-0.2, 0) is 19.5 Å². The van der Waals surface area contributed by atoms with Crippen LogP contribution in [0.5, 0.6) is 0 Å². The number of carbonyl (C=O) groups excluding carboxylic acids is 1. The maximum atomic E-state index is 11.2. The molecule has 0 aliphatic heterocycles. The normalized spacial score (nSPS) is 12.9. The zero-order chi connectivity index (χ0) is 18.2. The van der Waals surface area contributed by atoms with Crippen LogP contribution < -0.4 is 5.73 Å². The fourth-order valence-corrected chi connectivity index (χ4v) is 2.88. The van der Waals surface area contributed by atoms with E-state index in [1.165, 1.54) is 5.56 Å². The van der Waals surface area contributed by atoms with Crippen LogP contribution in [0, 0.1) is 6.92 Å². The number of hydrogen-bond acceptors (Lipinski definition) is 5. The average Bonchev–Trinajstić information content (AvgIpc) is 2.59. The molecular formula is C19H20ClNO3S. The molecule has 6 heteroatoms. The molecule has 0 aliphatic rings. The average molecular weight is 378 g/mol. The van der Waals surface area contributed by atoms with Gasteiger partial charge in [0.15, 0.2) is 6.29 Å². The molecular weight excluding hydrogens is 358 g/mol. The van der Waals surface area contributed by atoms with E-state index in [-0.39, 0.29) is 17.7 Å². The fraction of sp³-hybridized carbons (Fsp3) is 0.211. The predicted octanol–water partition coefficient (Wildman–Crippen LogP) is 4.92. The lowest BCUT2D eigenvalue weighted by Gasteiger charge is -2.16. The van der Waals surface area contributed by atoms with Crippen molar-refractivity contribution in [3.8, 4) is 0 Å². The SMILES string of the molecule is Cc1cccc(CSO/C(C=O)=C(\N)OC(C)c2ccc(Cl)cc2)c1. The third-order valence-corrected chi connectivity index (χ3v) is 4.45. The van der Waals surface area contributed by atoms with E-state index in [1.54, 1.807) is 12.1 Å². The zero-order valence-electron chi connectivity index (χ0n) is 14.1. The number of aryl methyl sites for hydroxylation is 1. The molecule has 2 aromatic carbocycles. The monoisotopic (exact) mass is 377 g/mol. The maximum absolute atomic E-state index is 11.2. The summed E-state index contributed by atoms with van der Waals surface area (Å²) in [5, 5.41) is 0.643. The molecule has 0 saturated heterocycles. The maximum Gasteiger partial charge on any atom is 0.236 e. The van der Waals surface area contributed by atoms with Crippen LogP contribution in [0.3, 0.4) is 0 Å². The zero-order valence-corrected chi connectivity index (χ0v) is 15.6. The third-order valence-electron chi connectivity index (χ3n) is 3.45. The second-order valence-corrected chi connectivity index (χ2v) is 6.62. The van der Waals surface area contributed by atoms with Crippen molar-refractivity contribution >= 4 is 29.9 Å². The molecule has 0 saturated carbocycles. The van der Waals surface area contributed by atoms with Gasteiger partial charge in [0.2, 0.25) is 11.6 Å². The van der Waals surface area contributed by atoms with Crippen molar-refractivity contribution in [2.24, 2.45) is 5.73 Å². The largest absolute Gasteiger partial charge is 0.469 e. The van der Waals surface area contributed by atoms with Gasteiger partial charge in [-0.25, -0.2) is 0 Å². The first kappa shape index (κ1) is 19.2. The summed E-state index contributed by atoms with van der Waals surface area (Å²) in [6.07, 6.45) is 0.213. The van der Waals surface area contributed by atoms with Crippen molar-refractivity contribution in [3.05, 3.63) is 81.9 Å². The van der Waals surface area contributed by atoms with Crippen LogP contribution in [0.1, 0.15) is 29.7 Å². The minimum atomic E-state index is -0.336. The first-order valence-electron chi connectivity index (χ1n) is 7.71. The number of aldehydes is 1. The Morgan fingerprint density at radius 2 is 2.00 bits per heavy atom. The molecule has 4 nitrogen and oxygen atoms in total. The molecule has 2 N–H and O–H groups in total. The molecule has 25 heavy (non-hydrogen) atoms. The molecule has 2 rings (SSSR count). The van der Waals surface area contributed by atoms with Crippen LogP contribution in [0.25, 0.3) is 0 Å². The van der Waals surface area contributed by atoms with Crippen molar-refractivity contribution in [2.45, 2.75) is 25.7 Å². The predicted molar refractivity (Wildman–Crippen MR) is 102 cm³/mol. The molecule has 1 atom stereocenters. The van der Waals surface area contributed by atoms with E-state index >= 15 is 0 Å². The summed E-state index contributed by atoms with van der Waals surface area (Å²) in [4.78, 5) is 11.2. The molecule has 0 amide bonds. The van der Waals surface area contributed by atoms with E-state index in [0.29, 0.717) is 17.1 Å². The first-order chi connectivity index (χ1) is 12.0. The highest BCUT2D eigenvalue weighted by atomic mass is 35.5. The summed E-state index contributed by atoms with van der Waals surface area (Å²) in [7, 11) is 0. The van der Waals surface area contributed by atoms with Gasteiger partial charge < -0.3 is 14.7 Å². The van der Waals surface area contributed by atoms with Gasteiger partial charge in [-0.1, -0.05) is 53.6 Å². The fourth-order valence-electron chi connectivity index (χ4n) is 2.13. The highest BCUT2D eigenvalue weighted by Gasteiger charge is 2.13. The Kier molecular flexibility index (Phi) is 7.22. The van der Waals surface area contributed by atoms with Crippen LogP contribution in [0.4, 0.5) is 0 Å². The van der Waals surface area contributed by atoms with E-state index in [9.17, 15) is 4.79 Å². The quantitative estimate of drug-likeness (QED) is 0.306. The summed E-state index contributed by atoms with van der Waals surface area (Å²) in [6.45, 7) is 3.86. The van der Waals surface area contributed by atoms with Crippen molar-refractivity contribution < 1.29 is 13.7 Å².